The molecule has 2 nitrogen and oxygen atoms in total. The molecule has 0 radical (unpaired) electrons. The highest BCUT2D eigenvalue weighted by atomic mass is 79.9. The molecule has 1 rings (SSSR count). The molecule has 1 aliphatic heterocycles. The van der Waals surface area contributed by atoms with Crippen molar-refractivity contribution in [1.29, 1.82) is 0 Å². The van der Waals surface area contributed by atoms with Crippen LogP contribution >= 0.6 is 15.9 Å². The van der Waals surface area contributed by atoms with Gasteiger partial charge in [-0.05, 0) is 13.5 Å². The van der Waals surface area contributed by atoms with E-state index in [1.807, 2.05) is 7.05 Å². The van der Waals surface area contributed by atoms with Crippen molar-refractivity contribution in [3.63, 3.8) is 0 Å². The van der Waals surface area contributed by atoms with Gasteiger partial charge in [0.1, 0.15) is 0 Å². The van der Waals surface area contributed by atoms with Gasteiger partial charge in [-0.2, -0.15) is 0 Å². The van der Waals surface area contributed by atoms with Crippen LogP contribution in [0.5, 0.6) is 0 Å². The summed E-state index contributed by atoms with van der Waals surface area (Å²) in [5, 5.41) is 3.28. The second-order valence-electron chi connectivity index (χ2n) is 3.03. The molecule has 0 aromatic heterocycles. The van der Waals surface area contributed by atoms with Crippen molar-refractivity contribution in [2.24, 2.45) is 0 Å². The molecule has 1 N–H and O–H groups in total. The summed E-state index contributed by atoms with van der Waals surface area (Å²) in [6, 6.07) is 0.682. The Balaban J connectivity index is 2.24. The first kappa shape index (κ1) is 9.23. The van der Waals surface area contributed by atoms with Gasteiger partial charge in [-0.3, -0.25) is 4.90 Å². The zero-order chi connectivity index (χ0) is 8.27. The van der Waals surface area contributed by atoms with E-state index in [2.05, 4.69) is 32.7 Å². The Morgan fingerprint density at radius 1 is 1.82 bits per heavy atom. The van der Waals surface area contributed by atoms with E-state index >= 15 is 0 Å². The van der Waals surface area contributed by atoms with Crippen LogP contribution in [0.15, 0.2) is 11.1 Å². The van der Waals surface area contributed by atoms with Gasteiger partial charge in [-0.1, -0.05) is 22.5 Å². The maximum atomic E-state index is 3.82. The Kier molecular flexibility index (Phi) is 3.55. The molecule has 0 aliphatic carbocycles. The van der Waals surface area contributed by atoms with Gasteiger partial charge >= 0.3 is 0 Å². The van der Waals surface area contributed by atoms with Gasteiger partial charge in [-0.25, -0.2) is 0 Å². The molecular weight excluding hydrogens is 204 g/mol. The topological polar surface area (TPSA) is 15.3 Å². The minimum Gasteiger partial charge on any atom is -0.316 e. The van der Waals surface area contributed by atoms with E-state index in [4.69, 9.17) is 0 Å². The van der Waals surface area contributed by atoms with Gasteiger partial charge < -0.3 is 5.32 Å². The smallest absolute Gasteiger partial charge is 0.0294 e. The minimum atomic E-state index is 0.682. The SMILES string of the molecule is C=C(Br)CN1CCC(NC)C1. The summed E-state index contributed by atoms with van der Waals surface area (Å²) in [5.74, 6) is 0. The van der Waals surface area contributed by atoms with E-state index in [0.29, 0.717) is 6.04 Å². The first-order valence-corrected chi connectivity index (χ1v) is 4.74. The van der Waals surface area contributed by atoms with E-state index in [0.717, 1.165) is 17.6 Å². The van der Waals surface area contributed by atoms with Crippen molar-refractivity contribution in [3.05, 3.63) is 11.1 Å². The van der Waals surface area contributed by atoms with Crippen molar-refractivity contribution in [2.75, 3.05) is 26.7 Å². The fourth-order valence-corrected chi connectivity index (χ4v) is 1.81. The van der Waals surface area contributed by atoms with Crippen molar-refractivity contribution < 1.29 is 0 Å². The largest absolute Gasteiger partial charge is 0.316 e. The van der Waals surface area contributed by atoms with E-state index in [1.165, 1.54) is 13.0 Å². The molecule has 1 unspecified atom stereocenters. The van der Waals surface area contributed by atoms with Gasteiger partial charge in [-0.15, -0.1) is 0 Å². The number of likely N-dealkylation sites (N-methyl/N-ethyl adjacent to an activating group) is 1. The van der Waals surface area contributed by atoms with Gasteiger partial charge in [0.15, 0.2) is 0 Å². The maximum absolute atomic E-state index is 3.82. The first-order valence-electron chi connectivity index (χ1n) is 3.95. The molecule has 1 aliphatic rings. The van der Waals surface area contributed by atoms with Crippen LogP contribution < -0.4 is 5.32 Å². The zero-order valence-corrected chi connectivity index (χ0v) is 8.52. The summed E-state index contributed by atoms with van der Waals surface area (Å²) in [6.45, 7) is 7.15. The Morgan fingerprint density at radius 3 is 3.00 bits per heavy atom. The number of nitrogens with zero attached hydrogens (tertiary/aromatic N) is 1. The summed E-state index contributed by atoms with van der Waals surface area (Å²) in [6.07, 6.45) is 1.26. The van der Waals surface area contributed by atoms with Crippen molar-refractivity contribution in [2.45, 2.75) is 12.5 Å². The maximum Gasteiger partial charge on any atom is 0.0294 e. The predicted molar refractivity (Wildman–Crippen MR) is 52.0 cm³/mol. The van der Waals surface area contributed by atoms with E-state index in [1.54, 1.807) is 0 Å². The third-order valence-electron chi connectivity index (χ3n) is 2.08. The monoisotopic (exact) mass is 218 g/mol. The highest BCUT2D eigenvalue weighted by Crippen LogP contribution is 2.12. The second kappa shape index (κ2) is 4.24. The molecule has 0 bridgehead atoms. The van der Waals surface area contributed by atoms with Gasteiger partial charge in [0.05, 0.1) is 0 Å². The quantitative estimate of drug-likeness (QED) is 0.766. The Labute approximate surface area is 76.8 Å². The lowest BCUT2D eigenvalue weighted by atomic mass is 10.3. The van der Waals surface area contributed by atoms with Crippen LogP contribution in [-0.2, 0) is 0 Å². The molecule has 1 heterocycles. The first-order chi connectivity index (χ1) is 5.22. The van der Waals surface area contributed by atoms with Gasteiger partial charge in [0.2, 0.25) is 0 Å². The predicted octanol–water partition coefficient (Wildman–Crippen LogP) is 1.19. The molecule has 3 heteroatoms. The number of hydrogen-bond acceptors (Lipinski definition) is 2. The molecule has 1 fully saturated rings. The van der Waals surface area contributed by atoms with E-state index in [9.17, 15) is 0 Å². The Hall–Kier alpha value is 0.140. The molecule has 1 saturated heterocycles. The summed E-state index contributed by atoms with van der Waals surface area (Å²) in [4.78, 5) is 2.40. The van der Waals surface area contributed by atoms with E-state index in [-0.39, 0.29) is 0 Å². The molecule has 0 aromatic rings. The van der Waals surface area contributed by atoms with E-state index < -0.39 is 0 Å². The normalized spacial score (nSPS) is 25.8. The van der Waals surface area contributed by atoms with Gasteiger partial charge in [0, 0.05) is 30.2 Å². The van der Waals surface area contributed by atoms with Gasteiger partial charge in [0.25, 0.3) is 0 Å². The average Bonchev–Trinajstić information content (AvgIpc) is 2.34. The molecule has 1 atom stereocenters. The molecular formula is C8H15BrN2. The number of hydrogen-bond donors (Lipinski definition) is 1. The van der Waals surface area contributed by atoms with Crippen LogP contribution in [0.3, 0.4) is 0 Å². The number of likely N-dealkylation sites (tertiary alicyclic amines) is 1. The molecule has 0 aromatic carbocycles. The van der Waals surface area contributed by atoms with Crippen LogP contribution in [0.4, 0.5) is 0 Å². The number of halogens is 1. The molecule has 0 spiro atoms. The number of rotatable bonds is 3. The lowest BCUT2D eigenvalue weighted by Crippen LogP contribution is -2.30. The Morgan fingerprint density at radius 2 is 2.55 bits per heavy atom. The molecule has 64 valence electrons. The van der Waals surface area contributed by atoms with Crippen molar-refractivity contribution in [1.82, 2.24) is 10.2 Å². The standard InChI is InChI=1S/C8H15BrN2/c1-7(9)5-11-4-3-8(6-11)10-2/h8,10H,1,3-6H2,2H3. The third kappa shape index (κ3) is 2.93. The molecule has 0 amide bonds. The lowest BCUT2D eigenvalue weighted by molar-refractivity contribution is 0.364. The average molecular weight is 219 g/mol. The van der Waals surface area contributed by atoms with Crippen LogP contribution in [0.2, 0.25) is 0 Å². The van der Waals surface area contributed by atoms with Crippen molar-refractivity contribution >= 4 is 15.9 Å². The highest BCUT2D eigenvalue weighted by Gasteiger charge is 2.20. The third-order valence-corrected chi connectivity index (χ3v) is 2.33. The minimum absolute atomic E-state index is 0.682. The second-order valence-corrected chi connectivity index (χ2v) is 4.15. The highest BCUT2D eigenvalue weighted by molar-refractivity contribution is 9.11. The summed E-state index contributed by atoms with van der Waals surface area (Å²) < 4.78 is 1.08. The summed E-state index contributed by atoms with van der Waals surface area (Å²) >= 11 is 3.37. The fraction of sp³-hybridized carbons (Fsp3) is 0.750. The molecule has 0 saturated carbocycles. The zero-order valence-electron chi connectivity index (χ0n) is 6.94. The molecule has 11 heavy (non-hydrogen) atoms. The van der Waals surface area contributed by atoms with Crippen LogP contribution in [0, 0.1) is 0 Å². The fourth-order valence-electron chi connectivity index (χ4n) is 1.45. The van der Waals surface area contributed by atoms with Crippen LogP contribution in [-0.4, -0.2) is 37.6 Å². The van der Waals surface area contributed by atoms with Crippen LogP contribution in [0.25, 0.3) is 0 Å². The van der Waals surface area contributed by atoms with Crippen molar-refractivity contribution in [3.8, 4) is 0 Å². The number of nitrogens with one attached hydrogen (secondary N) is 1. The lowest BCUT2D eigenvalue weighted by Gasteiger charge is -2.14. The summed E-state index contributed by atoms with van der Waals surface area (Å²) in [5.41, 5.74) is 0. The van der Waals surface area contributed by atoms with Crippen LogP contribution in [0.1, 0.15) is 6.42 Å². The summed E-state index contributed by atoms with van der Waals surface area (Å²) in [7, 11) is 2.02. The Bertz CT molecular complexity index is 147.